The summed E-state index contributed by atoms with van der Waals surface area (Å²) in [4.78, 5) is 52.2. The van der Waals surface area contributed by atoms with Crippen LogP contribution in [0.15, 0.2) is 12.2 Å². The molecule has 0 unspecified atom stereocenters. The number of unbranched alkanes of at least 4 members (excludes halogenated alkanes) is 2. The van der Waals surface area contributed by atoms with Gasteiger partial charge < -0.3 is 47.9 Å². The van der Waals surface area contributed by atoms with Crippen LogP contribution in [0.2, 0.25) is 0 Å². The molecule has 2 rings (SSSR count). The second-order valence-electron chi connectivity index (χ2n) is 10.9. The maximum Gasteiger partial charge on any atom is 0.317 e. The van der Waals surface area contributed by atoms with Gasteiger partial charge in [-0.1, -0.05) is 6.42 Å². The standard InChI is InChI=1S/C32H55N3O13/c36-29(4-2-1-3-7-35-30(37)5-6-31(35)38)34-10-14-43-18-22-47-26-24-45-20-16-41-12-8-33(28-32(39)40)9-13-42-17-21-46-25-27-48-23-19-44-15-11-34/h5-6H,1-4,7-28H2,(H,39,40). The SMILES string of the molecule is O=C(O)CN1CCOCCOCCOCCOCCN(C(=O)CCCCCN2C(=O)C=CC2=O)CCOCCOCCOCCOCC1. The van der Waals surface area contributed by atoms with Gasteiger partial charge in [0.2, 0.25) is 5.91 Å². The molecule has 0 aliphatic carbocycles. The van der Waals surface area contributed by atoms with E-state index < -0.39 is 5.97 Å². The van der Waals surface area contributed by atoms with E-state index in [1.807, 2.05) is 0 Å². The Labute approximate surface area is 283 Å². The van der Waals surface area contributed by atoms with Crippen molar-refractivity contribution in [1.82, 2.24) is 14.7 Å². The maximum absolute atomic E-state index is 13.0. The molecule has 16 nitrogen and oxygen atoms in total. The van der Waals surface area contributed by atoms with Gasteiger partial charge in [0.05, 0.1) is 112 Å². The molecule has 1 saturated heterocycles. The molecule has 0 aromatic carbocycles. The van der Waals surface area contributed by atoms with Crippen LogP contribution in [-0.4, -0.2) is 188 Å². The van der Waals surface area contributed by atoms with Crippen LogP contribution in [0.3, 0.4) is 0 Å². The molecule has 1 N–H and O–H groups in total. The highest BCUT2D eigenvalue weighted by Crippen LogP contribution is 2.09. The Balaban J connectivity index is 1.69. The van der Waals surface area contributed by atoms with Gasteiger partial charge in [0, 0.05) is 51.3 Å². The quantitative estimate of drug-likeness (QED) is 0.263. The van der Waals surface area contributed by atoms with Gasteiger partial charge in [-0.05, 0) is 12.8 Å². The Morgan fingerprint density at radius 3 is 1.31 bits per heavy atom. The second kappa shape index (κ2) is 28.3. The van der Waals surface area contributed by atoms with Crippen LogP contribution in [0.25, 0.3) is 0 Å². The molecule has 0 aromatic rings. The van der Waals surface area contributed by atoms with E-state index in [1.54, 1.807) is 9.80 Å². The molecular weight excluding hydrogens is 634 g/mol. The third kappa shape index (κ3) is 21.4. The molecule has 48 heavy (non-hydrogen) atoms. The Morgan fingerprint density at radius 2 is 0.917 bits per heavy atom. The molecule has 0 saturated carbocycles. The Morgan fingerprint density at radius 1 is 0.542 bits per heavy atom. The fourth-order valence-electron chi connectivity index (χ4n) is 4.62. The molecule has 0 spiro atoms. The molecule has 276 valence electrons. The van der Waals surface area contributed by atoms with Gasteiger partial charge in [-0.2, -0.15) is 0 Å². The number of rotatable bonds is 8. The van der Waals surface area contributed by atoms with Crippen molar-refractivity contribution in [3.05, 3.63) is 12.2 Å². The largest absolute Gasteiger partial charge is 0.480 e. The molecule has 16 heteroatoms. The van der Waals surface area contributed by atoms with E-state index in [1.165, 1.54) is 17.1 Å². The number of carboxylic acids is 1. The monoisotopic (exact) mass is 689 g/mol. The lowest BCUT2D eigenvalue weighted by molar-refractivity contribution is -0.139. The molecule has 0 atom stereocenters. The molecular formula is C32H55N3O13. The zero-order valence-corrected chi connectivity index (χ0v) is 28.2. The smallest absolute Gasteiger partial charge is 0.317 e. The molecule has 0 aromatic heterocycles. The summed E-state index contributed by atoms with van der Waals surface area (Å²) in [7, 11) is 0. The number of amides is 3. The lowest BCUT2D eigenvalue weighted by Crippen LogP contribution is -2.37. The Hall–Kier alpha value is -2.54. The summed E-state index contributed by atoms with van der Waals surface area (Å²) in [5, 5.41) is 9.15. The van der Waals surface area contributed by atoms with Crippen molar-refractivity contribution in [2.75, 3.05) is 145 Å². The van der Waals surface area contributed by atoms with Crippen molar-refractivity contribution in [3.63, 3.8) is 0 Å². The maximum atomic E-state index is 13.0. The summed E-state index contributed by atoms with van der Waals surface area (Å²) in [6, 6.07) is 0. The Bertz CT molecular complexity index is 874. The van der Waals surface area contributed by atoms with Crippen LogP contribution >= 0.6 is 0 Å². The zero-order valence-electron chi connectivity index (χ0n) is 28.2. The number of hydrogen-bond acceptors (Lipinski definition) is 13. The first-order chi connectivity index (χ1) is 23.5. The van der Waals surface area contributed by atoms with E-state index in [2.05, 4.69) is 0 Å². The number of aliphatic carboxylic acids is 1. The van der Waals surface area contributed by atoms with E-state index in [-0.39, 0.29) is 24.3 Å². The lowest BCUT2D eigenvalue weighted by atomic mass is 10.1. The number of carbonyl (C=O) groups excluding carboxylic acids is 3. The number of ether oxygens (including phenoxy) is 8. The van der Waals surface area contributed by atoms with Crippen LogP contribution in [-0.2, 0) is 57.1 Å². The van der Waals surface area contributed by atoms with E-state index >= 15 is 0 Å². The zero-order chi connectivity index (χ0) is 34.5. The first-order valence-corrected chi connectivity index (χ1v) is 16.8. The number of nitrogens with zero attached hydrogens (tertiary/aromatic N) is 3. The minimum Gasteiger partial charge on any atom is -0.480 e. The van der Waals surface area contributed by atoms with Gasteiger partial charge in [0.1, 0.15) is 0 Å². The topological polar surface area (TPSA) is 172 Å². The molecule has 2 aliphatic rings. The van der Waals surface area contributed by atoms with Crippen molar-refractivity contribution in [2.45, 2.75) is 25.7 Å². The number of hydrogen-bond donors (Lipinski definition) is 1. The highest BCUT2D eigenvalue weighted by Gasteiger charge is 2.22. The van der Waals surface area contributed by atoms with Crippen LogP contribution in [0.4, 0.5) is 0 Å². The summed E-state index contributed by atoms with van der Waals surface area (Å²) in [5.74, 6) is -1.49. The molecule has 0 bridgehead atoms. The van der Waals surface area contributed by atoms with Crippen molar-refractivity contribution < 1.29 is 62.2 Å². The summed E-state index contributed by atoms with van der Waals surface area (Å²) < 4.78 is 44.6. The minimum absolute atomic E-state index is 0.00415. The average Bonchev–Trinajstić information content (AvgIpc) is 3.38. The predicted molar refractivity (Wildman–Crippen MR) is 172 cm³/mol. The third-order valence-electron chi connectivity index (χ3n) is 7.23. The highest BCUT2D eigenvalue weighted by molar-refractivity contribution is 6.12. The summed E-state index contributed by atoms with van der Waals surface area (Å²) in [6.07, 6.45) is 4.92. The van der Waals surface area contributed by atoms with Gasteiger partial charge in [0.25, 0.3) is 11.8 Å². The average molecular weight is 690 g/mol. The van der Waals surface area contributed by atoms with Crippen molar-refractivity contribution in [1.29, 1.82) is 0 Å². The van der Waals surface area contributed by atoms with Crippen molar-refractivity contribution >= 4 is 23.7 Å². The molecule has 0 radical (unpaired) electrons. The van der Waals surface area contributed by atoms with Gasteiger partial charge >= 0.3 is 5.97 Å². The predicted octanol–water partition coefficient (Wildman–Crippen LogP) is -0.167. The van der Waals surface area contributed by atoms with E-state index in [9.17, 15) is 19.2 Å². The number of carboxylic acid groups (broad SMARTS) is 1. The molecule has 3 amide bonds. The Kier molecular flexibility index (Phi) is 24.6. The van der Waals surface area contributed by atoms with Gasteiger partial charge in [-0.3, -0.25) is 29.0 Å². The van der Waals surface area contributed by atoms with Crippen LogP contribution < -0.4 is 0 Å². The van der Waals surface area contributed by atoms with Crippen LogP contribution in [0, 0.1) is 0 Å². The highest BCUT2D eigenvalue weighted by atomic mass is 16.6. The van der Waals surface area contributed by atoms with Gasteiger partial charge in [0.15, 0.2) is 0 Å². The van der Waals surface area contributed by atoms with Crippen LogP contribution in [0.1, 0.15) is 25.7 Å². The fourth-order valence-corrected chi connectivity index (χ4v) is 4.62. The normalized spacial score (nSPS) is 21.2. The van der Waals surface area contributed by atoms with Crippen molar-refractivity contribution in [2.24, 2.45) is 0 Å². The van der Waals surface area contributed by atoms with Crippen LogP contribution in [0.5, 0.6) is 0 Å². The summed E-state index contributed by atoms with van der Waals surface area (Å²) >= 11 is 0. The lowest BCUT2D eigenvalue weighted by Gasteiger charge is -2.23. The van der Waals surface area contributed by atoms with Gasteiger partial charge in [-0.25, -0.2) is 0 Å². The molecule has 2 aliphatic heterocycles. The summed E-state index contributed by atoms with van der Waals surface area (Å²) in [6.45, 7) is 8.24. The van der Waals surface area contributed by atoms with E-state index in [0.717, 1.165) is 6.42 Å². The molecule has 1 fully saturated rings. The third-order valence-corrected chi connectivity index (χ3v) is 7.23. The van der Waals surface area contributed by atoms with Gasteiger partial charge in [-0.15, -0.1) is 0 Å². The first-order valence-electron chi connectivity index (χ1n) is 16.8. The minimum atomic E-state index is -0.905. The number of imide groups is 1. The van der Waals surface area contributed by atoms with Crippen molar-refractivity contribution in [3.8, 4) is 0 Å². The van der Waals surface area contributed by atoms with E-state index in [4.69, 9.17) is 43.0 Å². The first kappa shape index (κ1) is 41.6. The number of carbonyl (C=O) groups is 4. The molecule has 2 heterocycles. The fraction of sp³-hybridized carbons (Fsp3) is 0.812. The second-order valence-corrected chi connectivity index (χ2v) is 10.9. The summed E-state index contributed by atoms with van der Waals surface area (Å²) in [5.41, 5.74) is 0. The van der Waals surface area contributed by atoms with E-state index in [0.29, 0.717) is 158 Å².